The predicted molar refractivity (Wildman–Crippen MR) is 137 cm³/mol. The van der Waals surface area contributed by atoms with Crippen molar-refractivity contribution in [2.75, 3.05) is 6.61 Å². The largest absolute Gasteiger partial charge is 0.458 e. The molecule has 2 aromatic carbocycles. The fourth-order valence-corrected chi connectivity index (χ4v) is 5.02. The van der Waals surface area contributed by atoms with Crippen molar-refractivity contribution in [3.05, 3.63) is 115 Å². The van der Waals surface area contributed by atoms with Crippen LogP contribution in [-0.4, -0.2) is 17.1 Å². The third kappa shape index (κ3) is 4.59. The molecule has 174 valence electrons. The van der Waals surface area contributed by atoms with Crippen molar-refractivity contribution in [3.63, 3.8) is 0 Å². The third-order valence-corrected chi connectivity index (χ3v) is 6.75. The molecule has 0 fully saturated rings. The van der Waals surface area contributed by atoms with Gasteiger partial charge in [0, 0.05) is 0 Å². The SMILES string of the molecule is C=CCOC(=O)C1=C(C)N=c2s/c(=C\c3ccc(C(C)(C)C)cc3)c(=O)n2[C@H]1c1ccccc1. The van der Waals surface area contributed by atoms with Crippen LogP contribution in [0.1, 0.15) is 50.4 Å². The van der Waals surface area contributed by atoms with Crippen LogP contribution >= 0.6 is 11.3 Å². The molecule has 2 heterocycles. The van der Waals surface area contributed by atoms with Crippen molar-refractivity contribution in [3.8, 4) is 0 Å². The molecule has 0 spiro atoms. The Balaban J connectivity index is 1.86. The molecular formula is C28H28N2O3S. The van der Waals surface area contributed by atoms with Gasteiger partial charge in [-0.3, -0.25) is 9.36 Å². The van der Waals surface area contributed by atoms with Crippen LogP contribution in [-0.2, 0) is 14.9 Å². The molecular weight excluding hydrogens is 444 g/mol. The molecule has 0 radical (unpaired) electrons. The van der Waals surface area contributed by atoms with Crippen LogP contribution in [0.15, 0.2) is 88.3 Å². The lowest BCUT2D eigenvalue weighted by Crippen LogP contribution is -2.39. The molecule has 0 unspecified atom stereocenters. The zero-order valence-corrected chi connectivity index (χ0v) is 20.7. The summed E-state index contributed by atoms with van der Waals surface area (Å²) in [4.78, 5) is 31.8. The number of nitrogens with zero attached hydrogens (tertiary/aromatic N) is 2. The van der Waals surface area contributed by atoms with Crippen LogP contribution in [0.4, 0.5) is 0 Å². The molecule has 0 bridgehead atoms. The van der Waals surface area contributed by atoms with Gasteiger partial charge in [-0.05, 0) is 35.1 Å². The second-order valence-corrected chi connectivity index (χ2v) is 10.3. The first-order chi connectivity index (χ1) is 16.2. The normalized spacial score (nSPS) is 16.1. The fourth-order valence-electron chi connectivity index (χ4n) is 3.98. The lowest BCUT2D eigenvalue weighted by Gasteiger charge is -2.24. The van der Waals surface area contributed by atoms with Crippen LogP contribution in [0.25, 0.3) is 6.08 Å². The number of benzene rings is 2. The van der Waals surface area contributed by atoms with Crippen LogP contribution in [0.5, 0.6) is 0 Å². The summed E-state index contributed by atoms with van der Waals surface area (Å²) in [5.41, 5.74) is 3.78. The Morgan fingerprint density at radius 3 is 2.44 bits per heavy atom. The van der Waals surface area contributed by atoms with Gasteiger partial charge in [0.15, 0.2) is 4.80 Å². The Morgan fingerprint density at radius 1 is 1.15 bits per heavy atom. The van der Waals surface area contributed by atoms with E-state index in [0.29, 0.717) is 20.6 Å². The van der Waals surface area contributed by atoms with E-state index in [1.165, 1.54) is 23.0 Å². The first-order valence-corrected chi connectivity index (χ1v) is 12.0. The first-order valence-electron chi connectivity index (χ1n) is 11.2. The standard InChI is InChI=1S/C28H28N2O3S/c1-6-16-33-26(32)23-18(2)29-27-30(24(23)20-10-8-7-9-11-20)25(31)22(34-27)17-19-12-14-21(15-13-19)28(3,4)5/h6-15,17,24H,1,16H2,2-5H3/b22-17-/t24-/m0/s1. The van der Waals surface area contributed by atoms with Crippen LogP contribution in [0, 0.1) is 0 Å². The van der Waals surface area contributed by atoms with Crippen molar-refractivity contribution in [2.24, 2.45) is 4.99 Å². The molecule has 1 atom stereocenters. The summed E-state index contributed by atoms with van der Waals surface area (Å²) in [6.07, 6.45) is 3.40. The summed E-state index contributed by atoms with van der Waals surface area (Å²) in [6, 6.07) is 17.1. The molecule has 5 nitrogen and oxygen atoms in total. The number of carbonyl (C=O) groups excluding carboxylic acids is 1. The molecule has 0 aliphatic carbocycles. The maximum Gasteiger partial charge on any atom is 0.338 e. The minimum Gasteiger partial charge on any atom is -0.458 e. The third-order valence-electron chi connectivity index (χ3n) is 5.76. The van der Waals surface area contributed by atoms with Gasteiger partial charge in [0.05, 0.1) is 21.8 Å². The van der Waals surface area contributed by atoms with E-state index in [0.717, 1.165) is 11.1 Å². The van der Waals surface area contributed by atoms with Gasteiger partial charge in [-0.2, -0.15) is 0 Å². The predicted octanol–water partition coefficient (Wildman–Crippen LogP) is 4.26. The Morgan fingerprint density at radius 2 is 1.82 bits per heavy atom. The molecule has 1 aliphatic rings. The summed E-state index contributed by atoms with van der Waals surface area (Å²) in [7, 11) is 0. The lowest BCUT2D eigenvalue weighted by molar-refractivity contribution is -0.138. The average Bonchev–Trinajstić information content (AvgIpc) is 3.11. The lowest BCUT2D eigenvalue weighted by atomic mass is 9.87. The molecule has 0 saturated heterocycles. The molecule has 4 rings (SSSR count). The minimum atomic E-state index is -0.611. The Hall–Kier alpha value is -3.51. The number of rotatable bonds is 5. The van der Waals surface area contributed by atoms with E-state index in [9.17, 15) is 9.59 Å². The molecule has 1 aliphatic heterocycles. The van der Waals surface area contributed by atoms with E-state index in [1.54, 1.807) is 11.5 Å². The van der Waals surface area contributed by atoms with Gasteiger partial charge in [-0.15, -0.1) is 0 Å². The summed E-state index contributed by atoms with van der Waals surface area (Å²) < 4.78 is 7.52. The Labute approximate surface area is 203 Å². The number of hydrogen-bond acceptors (Lipinski definition) is 5. The van der Waals surface area contributed by atoms with Gasteiger partial charge in [0.1, 0.15) is 6.61 Å². The maximum atomic E-state index is 13.6. The minimum absolute atomic E-state index is 0.0572. The van der Waals surface area contributed by atoms with Crippen molar-refractivity contribution in [1.82, 2.24) is 4.57 Å². The smallest absolute Gasteiger partial charge is 0.338 e. The second-order valence-electron chi connectivity index (χ2n) is 9.25. The van der Waals surface area contributed by atoms with Crippen molar-refractivity contribution < 1.29 is 9.53 Å². The highest BCUT2D eigenvalue weighted by molar-refractivity contribution is 7.07. The molecule has 0 N–H and O–H groups in total. The molecule has 3 aromatic rings. The zero-order valence-electron chi connectivity index (χ0n) is 19.9. The number of fused-ring (bicyclic) bond motifs is 1. The van der Waals surface area contributed by atoms with E-state index < -0.39 is 12.0 Å². The van der Waals surface area contributed by atoms with Crippen molar-refractivity contribution >= 4 is 23.4 Å². The molecule has 0 saturated carbocycles. The highest BCUT2D eigenvalue weighted by Gasteiger charge is 2.33. The Bertz CT molecular complexity index is 1440. The summed E-state index contributed by atoms with van der Waals surface area (Å²) in [5.74, 6) is -0.498. The van der Waals surface area contributed by atoms with Crippen LogP contribution in [0.3, 0.4) is 0 Å². The van der Waals surface area contributed by atoms with Gasteiger partial charge in [0.25, 0.3) is 5.56 Å². The van der Waals surface area contributed by atoms with E-state index in [2.05, 4.69) is 44.5 Å². The number of carbonyl (C=O) groups is 1. The zero-order chi connectivity index (χ0) is 24.5. The molecule has 6 heteroatoms. The first kappa shape index (κ1) is 23.6. The van der Waals surface area contributed by atoms with Gasteiger partial charge in [-0.25, -0.2) is 9.79 Å². The molecule has 1 aromatic heterocycles. The number of thiazole rings is 1. The number of aromatic nitrogens is 1. The number of hydrogen-bond donors (Lipinski definition) is 0. The van der Waals surface area contributed by atoms with E-state index in [4.69, 9.17) is 4.74 Å². The molecule has 34 heavy (non-hydrogen) atoms. The maximum absolute atomic E-state index is 13.6. The topological polar surface area (TPSA) is 60.7 Å². The summed E-state index contributed by atoms with van der Waals surface area (Å²) in [6.45, 7) is 12.0. The van der Waals surface area contributed by atoms with Gasteiger partial charge in [0.2, 0.25) is 0 Å². The fraction of sp³-hybridized carbons (Fsp3) is 0.250. The summed E-state index contributed by atoms with van der Waals surface area (Å²) in [5, 5.41) is 0. The Kier molecular flexibility index (Phi) is 6.53. The van der Waals surface area contributed by atoms with Gasteiger partial charge < -0.3 is 4.74 Å². The monoisotopic (exact) mass is 472 g/mol. The van der Waals surface area contributed by atoms with Crippen LogP contribution < -0.4 is 14.9 Å². The second kappa shape index (κ2) is 9.39. The highest BCUT2D eigenvalue weighted by Crippen LogP contribution is 2.30. The van der Waals surface area contributed by atoms with Crippen molar-refractivity contribution in [2.45, 2.75) is 39.2 Å². The number of esters is 1. The van der Waals surface area contributed by atoms with E-state index in [1.807, 2.05) is 48.5 Å². The van der Waals surface area contributed by atoms with Crippen LogP contribution in [0.2, 0.25) is 0 Å². The highest BCUT2D eigenvalue weighted by atomic mass is 32.1. The van der Waals surface area contributed by atoms with E-state index >= 15 is 0 Å². The van der Waals surface area contributed by atoms with E-state index in [-0.39, 0.29) is 17.6 Å². The average molecular weight is 473 g/mol. The quantitative estimate of drug-likeness (QED) is 0.412. The van der Waals surface area contributed by atoms with Crippen molar-refractivity contribution in [1.29, 1.82) is 0 Å². The number of allylic oxidation sites excluding steroid dienone is 1. The van der Waals surface area contributed by atoms with Gasteiger partial charge in [-0.1, -0.05) is 99.4 Å². The van der Waals surface area contributed by atoms with Gasteiger partial charge >= 0.3 is 5.97 Å². The summed E-state index contributed by atoms with van der Waals surface area (Å²) >= 11 is 1.33. The molecule has 0 amide bonds. The number of ether oxygens (including phenoxy) is 1.